The Morgan fingerprint density at radius 1 is 1.15 bits per heavy atom. The number of halogens is 2. The number of fused-ring (bicyclic) bond motifs is 1. The van der Waals surface area contributed by atoms with Crippen molar-refractivity contribution in [2.24, 2.45) is 0 Å². The monoisotopic (exact) mass is 593 g/mol. The molecule has 2 aromatic carbocycles. The van der Waals surface area contributed by atoms with Crippen LogP contribution in [0.4, 0.5) is 4.79 Å². The topological polar surface area (TPSA) is 154 Å². The largest absolute Gasteiger partial charge is 0.415 e. The van der Waals surface area contributed by atoms with Crippen LogP contribution in [0.1, 0.15) is 25.7 Å². The molecule has 0 radical (unpaired) electrons. The number of carbonyl (C=O) groups is 1. The molecule has 11 nitrogen and oxygen atoms in total. The van der Waals surface area contributed by atoms with E-state index in [1.165, 1.54) is 12.1 Å². The third kappa shape index (κ3) is 6.26. The SMILES string of the molecule is O=C(Oc1ccc(Cl)cc1-c1nc2ccc(Cl)cc2c(=O)[nH]1)N1CCCCC1COC1CC(O)C(O)C(CO)O1. The zero-order valence-electron chi connectivity index (χ0n) is 21.3. The van der Waals surface area contributed by atoms with Crippen LogP contribution in [-0.4, -0.2) is 86.7 Å². The Balaban J connectivity index is 1.33. The summed E-state index contributed by atoms with van der Waals surface area (Å²) in [5.74, 6) is 0.340. The molecule has 1 amide bonds. The molecule has 2 saturated heterocycles. The standard InChI is InChI=1S/C27H29Cl2N3O8/c28-14-4-6-19-17(9-14)26(36)31-25(30-19)18-10-15(29)5-7-21(18)40-27(37)32-8-2-1-3-16(32)13-38-23-11-20(34)24(35)22(12-33)39-23/h4-7,9-10,16,20,22-24,33-35H,1-3,8,11-13H2,(H,30,31,36). The van der Waals surface area contributed by atoms with E-state index < -0.39 is 42.9 Å². The number of aromatic nitrogens is 2. The minimum absolute atomic E-state index is 0.0339. The maximum atomic E-state index is 13.4. The van der Waals surface area contributed by atoms with Crippen molar-refractivity contribution >= 4 is 40.2 Å². The second-order valence-electron chi connectivity index (χ2n) is 9.84. The Morgan fingerprint density at radius 3 is 2.73 bits per heavy atom. The van der Waals surface area contributed by atoms with Gasteiger partial charge in [-0.05, 0) is 55.7 Å². The van der Waals surface area contributed by atoms with E-state index in [2.05, 4.69) is 9.97 Å². The highest BCUT2D eigenvalue weighted by molar-refractivity contribution is 6.31. The van der Waals surface area contributed by atoms with Gasteiger partial charge in [0.15, 0.2) is 6.29 Å². The third-order valence-corrected chi connectivity index (χ3v) is 7.58. The Kier molecular flexibility index (Phi) is 8.91. The summed E-state index contributed by atoms with van der Waals surface area (Å²) in [5, 5.41) is 30.5. The summed E-state index contributed by atoms with van der Waals surface area (Å²) >= 11 is 12.3. The van der Waals surface area contributed by atoms with Gasteiger partial charge in [-0.1, -0.05) is 23.2 Å². The maximum absolute atomic E-state index is 13.4. The van der Waals surface area contributed by atoms with Crippen LogP contribution in [0.5, 0.6) is 5.75 Å². The predicted octanol–water partition coefficient (Wildman–Crippen LogP) is 3.10. The lowest BCUT2D eigenvalue weighted by molar-refractivity contribution is -0.259. The second-order valence-corrected chi connectivity index (χ2v) is 10.7. The second kappa shape index (κ2) is 12.4. The van der Waals surface area contributed by atoms with Gasteiger partial charge in [-0.2, -0.15) is 0 Å². The highest BCUT2D eigenvalue weighted by Gasteiger charge is 2.38. The number of hydrogen-bond acceptors (Lipinski definition) is 9. The lowest BCUT2D eigenvalue weighted by Gasteiger charge is -2.38. The fraction of sp³-hybridized carbons (Fsp3) is 0.444. The van der Waals surface area contributed by atoms with Crippen LogP contribution in [0.15, 0.2) is 41.2 Å². The van der Waals surface area contributed by atoms with Crippen molar-refractivity contribution in [2.75, 3.05) is 19.8 Å². The van der Waals surface area contributed by atoms with Gasteiger partial charge >= 0.3 is 6.09 Å². The summed E-state index contributed by atoms with van der Waals surface area (Å²) in [6, 6.07) is 9.11. The first-order valence-corrected chi connectivity index (χ1v) is 13.7. The van der Waals surface area contributed by atoms with Gasteiger partial charge in [-0.3, -0.25) is 4.79 Å². The van der Waals surface area contributed by atoms with Crippen molar-refractivity contribution in [1.82, 2.24) is 14.9 Å². The van der Waals surface area contributed by atoms with Gasteiger partial charge in [0.1, 0.15) is 23.8 Å². The van der Waals surface area contributed by atoms with Crippen LogP contribution in [0.25, 0.3) is 22.3 Å². The lowest BCUT2D eigenvalue weighted by Crippen LogP contribution is -2.52. The molecular formula is C27H29Cl2N3O8. The number of ether oxygens (including phenoxy) is 3. The van der Waals surface area contributed by atoms with Crippen molar-refractivity contribution < 1.29 is 34.3 Å². The molecule has 0 saturated carbocycles. The minimum Gasteiger partial charge on any atom is -0.409 e. The summed E-state index contributed by atoms with van der Waals surface area (Å²) in [5.41, 5.74) is 0.344. The molecule has 2 fully saturated rings. The van der Waals surface area contributed by atoms with Crippen LogP contribution in [0, 0.1) is 0 Å². The highest BCUT2D eigenvalue weighted by Crippen LogP contribution is 2.32. The van der Waals surface area contributed by atoms with Gasteiger partial charge < -0.3 is 39.4 Å². The number of nitrogens with zero attached hydrogens (tertiary/aromatic N) is 2. The summed E-state index contributed by atoms with van der Waals surface area (Å²) in [6.07, 6.45) is -2.37. The number of benzene rings is 2. The van der Waals surface area contributed by atoms with Crippen molar-refractivity contribution in [3.8, 4) is 17.1 Å². The average molecular weight is 594 g/mol. The highest BCUT2D eigenvalue weighted by atomic mass is 35.5. The number of nitrogens with one attached hydrogen (secondary N) is 1. The number of hydrogen-bond donors (Lipinski definition) is 4. The molecule has 4 N–H and O–H groups in total. The van der Waals surface area contributed by atoms with Crippen molar-refractivity contribution in [3.63, 3.8) is 0 Å². The summed E-state index contributed by atoms with van der Waals surface area (Å²) in [4.78, 5) is 34.9. The van der Waals surface area contributed by atoms with Gasteiger partial charge in [0, 0.05) is 23.0 Å². The van der Waals surface area contributed by atoms with Gasteiger partial charge in [0.2, 0.25) is 0 Å². The van der Waals surface area contributed by atoms with Crippen molar-refractivity contribution in [2.45, 2.75) is 56.3 Å². The Labute approximate surface area is 239 Å². The van der Waals surface area contributed by atoms with Crippen LogP contribution in [0.2, 0.25) is 10.0 Å². The summed E-state index contributed by atoms with van der Waals surface area (Å²) in [6.45, 7) is 0.0819. The van der Waals surface area contributed by atoms with Crippen LogP contribution >= 0.6 is 23.2 Å². The van der Waals surface area contributed by atoms with E-state index in [4.69, 9.17) is 37.4 Å². The number of piperidine rings is 1. The molecule has 1 aromatic heterocycles. The average Bonchev–Trinajstić information content (AvgIpc) is 2.95. The normalized spacial score (nSPS) is 25.2. The first-order valence-electron chi connectivity index (χ1n) is 13.0. The molecular weight excluding hydrogens is 565 g/mol. The van der Waals surface area contributed by atoms with Gasteiger partial charge in [-0.25, -0.2) is 9.78 Å². The fourth-order valence-corrected chi connectivity index (χ4v) is 5.32. The molecule has 0 spiro atoms. The number of H-pyrrole nitrogens is 1. The van der Waals surface area contributed by atoms with Crippen molar-refractivity contribution in [3.05, 3.63) is 56.8 Å². The fourth-order valence-electron chi connectivity index (χ4n) is 4.97. The summed E-state index contributed by atoms with van der Waals surface area (Å²) < 4.78 is 17.2. The predicted molar refractivity (Wildman–Crippen MR) is 147 cm³/mol. The number of amides is 1. The maximum Gasteiger partial charge on any atom is 0.415 e. The quantitative estimate of drug-likeness (QED) is 0.337. The summed E-state index contributed by atoms with van der Waals surface area (Å²) in [7, 11) is 0. The van der Waals surface area contributed by atoms with Crippen LogP contribution in [-0.2, 0) is 9.47 Å². The van der Waals surface area contributed by atoms with E-state index in [9.17, 15) is 24.9 Å². The molecule has 2 aliphatic heterocycles. The van der Waals surface area contributed by atoms with Gasteiger partial charge in [0.25, 0.3) is 5.56 Å². The Bertz CT molecular complexity index is 1440. The molecule has 0 bridgehead atoms. The molecule has 3 aromatic rings. The first-order chi connectivity index (χ1) is 19.2. The number of likely N-dealkylation sites (tertiary alicyclic amines) is 1. The lowest BCUT2D eigenvalue weighted by atomic mass is 10.0. The molecule has 3 heterocycles. The number of carbonyl (C=O) groups excluding carboxylic acids is 1. The minimum atomic E-state index is -1.20. The van der Waals surface area contributed by atoms with E-state index in [1.54, 1.807) is 29.2 Å². The Hall–Kier alpha value is -2.77. The smallest absolute Gasteiger partial charge is 0.409 e. The molecule has 5 rings (SSSR count). The first kappa shape index (κ1) is 28.7. The number of aromatic amines is 1. The van der Waals surface area contributed by atoms with E-state index in [-0.39, 0.29) is 30.6 Å². The third-order valence-electron chi connectivity index (χ3n) is 7.11. The molecule has 214 valence electrons. The molecule has 13 heteroatoms. The van der Waals surface area contributed by atoms with Gasteiger partial charge in [0.05, 0.1) is 41.8 Å². The van der Waals surface area contributed by atoms with E-state index in [0.717, 1.165) is 12.8 Å². The van der Waals surface area contributed by atoms with Crippen molar-refractivity contribution in [1.29, 1.82) is 0 Å². The molecule has 40 heavy (non-hydrogen) atoms. The zero-order chi connectivity index (χ0) is 28.4. The molecule has 2 aliphatic rings. The van der Waals surface area contributed by atoms with E-state index >= 15 is 0 Å². The van der Waals surface area contributed by atoms with Gasteiger partial charge in [-0.15, -0.1) is 0 Å². The molecule has 5 atom stereocenters. The zero-order valence-corrected chi connectivity index (χ0v) is 22.8. The van der Waals surface area contributed by atoms with Crippen LogP contribution < -0.4 is 10.3 Å². The number of aliphatic hydroxyl groups excluding tert-OH is 3. The number of rotatable bonds is 6. The van der Waals surface area contributed by atoms with E-state index in [0.29, 0.717) is 39.5 Å². The molecule has 5 unspecified atom stereocenters. The number of aliphatic hydroxyl groups is 3. The Morgan fingerprint density at radius 2 is 1.93 bits per heavy atom. The molecule has 0 aliphatic carbocycles. The van der Waals surface area contributed by atoms with Crippen LogP contribution in [0.3, 0.4) is 0 Å². The van der Waals surface area contributed by atoms with E-state index in [1.807, 2.05) is 0 Å².